The van der Waals surface area contributed by atoms with Gasteiger partial charge in [-0.1, -0.05) is 6.42 Å². The molecule has 2 fully saturated rings. The van der Waals surface area contributed by atoms with E-state index in [2.05, 4.69) is 29.7 Å². The molecular formula is C15H25N3. The van der Waals surface area contributed by atoms with Crippen molar-refractivity contribution < 1.29 is 0 Å². The second-order valence-corrected chi connectivity index (χ2v) is 6.30. The largest absolute Gasteiger partial charge is 0.327 e. The zero-order valence-electron chi connectivity index (χ0n) is 11.6. The molecular weight excluding hydrogens is 222 g/mol. The normalized spacial score (nSPS) is 32.1. The summed E-state index contributed by atoms with van der Waals surface area (Å²) in [4.78, 5) is 0. The monoisotopic (exact) mass is 247 g/mol. The van der Waals surface area contributed by atoms with Crippen LogP contribution in [0, 0.1) is 24.7 Å². The Hall–Kier alpha value is -0.830. The van der Waals surface area contributed by atoms with E-state index in [1.807, 2.05) is 0 Å². The maximum absolute atomic E-state index is 6.49. The number of hydrogen-bond donors (Lipinski definition) is 1. The first-order valence-electron chi connectivity index (χ1n) is 7.46. The summed E-state index contributed by atoms with van der Waals surface area (Å²) < 4.78 is 2.11. The minimum Gasteiger partial charge on any atom is -0.327 e. The fourth-order valence-corrected chi connectivity index (χ4v) is 4.25. The van der Waals surface area contributed by atoms with Crippen molar-refractivity contribution in [1.82, 2.24) is 9.78 Å². The Morgan fingerprint density at radius 3 is 2.89 bits per heavy atom. The van der Waals surface area contributed by atoms with Gasteiger partial charge in [0, 0.05) is 24.7 Å². The maximum atomic E-state index is 6.49. The number of fused-ring (bicyclic) bond motifs is 2. The fraction of sp³-hybridized carbons (Fsp3) is 0.800. The molecule has 0 aromatic carbocycles. The predicted molar refractivity (Wildman–Crippen MR) is 73.3 cm³/mol. The molecule has 1 heterocycles. The Bertz CT molecular complexity index is 423. The van der Waals surface area contributed by atoms with E-state index >= 15 is 0 Å². The van der Waals surface area contributed by atoms with Crippen LogP contribution in [0.4, 0.5) is 0 Å². The van der Waals surface area contributed by atoms with Gasteiger partial charge in [-0.05, 0) is 56.9 Å². The average Bonchev–Trinajstić information content (AvgIpc) is 3.03. The molecule has 3 rings (SSSR count). The summed E-state index contributed by atoms with van der Waals surface area (Å²) in [5.41, 5.74) is 8.93. The third-order valence-electron chi connectivity index (χ3n) is 5.07. The van der Waals surface area contributed by atoms with E-state index in [0.717, 1.165) is 36.4 Å². The van der Waals surface area contributed by atoms with E-state index < -0.39 is 0 Å². The van der Waals surface area contributed by atoms with Gasteiger partial charge in [-0.15, -0.1) is 0 Å². The van der Waals surface area contributed by atoms with E-state index in [0.29, 0.717) is 6.04 Å². The van der Waals surface area contributed by atoms with E-state index in [9.17, 15) is 0 Å². The molecule has 3 nitrogen and oxygen atoms in total. The average molecular weight is 247 g/mol. The highest BCUT2D eigenvalue weighted by atomic mass is 15.3. The van der Waals surface area contributed by atoms with Crippen LogP contribution in [-0.4, -0.2) is 15.8 Å². The van der Waals surface area contributed by atoms with Crippen molar-refractivity contribution in [3.05, 3.63) is 17.5 Å². The van der Waals surface area contributed by atoms with Gasteiger partial charge in [-0.2, -0.15) is 5.10 Å². The van der Waals surface area contributed by atoms with Gasteiger partial charge >= 0.3 is 0 Å². The molecule has 4 atom stereocenters. The molecule has 0 saturated heterocycles. The fourth-order valence-electron chi connectivity index (χ4n) is 4.25. The van der Waals surface area contributed by atoms with Crippen LogP contribution < -0.4 is 5.73 Å². The van der Waals surface area contributed by atoms with Crippen LogP contribution in [0.25, 0.3) is 0 Å². The van der Waals surface area contributed by atoms with Crippen molar-refractivity contribution in [3.63, 3.8) is 0 Å². The third-order valence-corrected chi connectivity index (χ3v) is 5.07. The molecule has 2 aliphatic rings. The molecule has 4 unspecified atom stereocenters. The molecule has 3 heteroatoms. The lowest BCUT2D eigenvalue weighted by Gasteiger charge is -2.27. The van der Waals surface area contributed by atoms with Crippen LogP contribution in [0.2, 0.25) is 0 Å². The van der Waals surface area contributed by atoms with Crippen molar-refractivity contribution in [2.24, 2.45) is 23.5 Å². The Balaban J connectivity index is 1.68. The van der Waals surface area contributed by atoms with Crippen molar-refractivity contribution in [1.29, 1.82) is 0 Å². The first-order valence-corrected chi connectivity index (χ1v) is 7.46. The highest BCUT2D eigenvalue weighted by Crippen LogP contribution is 2.49. The van der Waals surface area contributed by atoms with Crippen LogP contribution >= 0.6 is 0 Å². The number of aromatic nitrogens is 2. The number of rotatable bonds is 4. The number of aryl methyl sites for hydroxylation is 2. The molecule has 0 aliphatic heterocycles. The van der Waals surface area contributed by atoms with Crippen LogP contribution in [0.15, 0.2) is 6.07 Å². The summed E-state index contributed by atoms with van der Waals surface area (Å²) in [5.74, 6) is 2.68. The molecule has 100 valence electrons. The third kappa shape index (κ3) is 2.09. The summed E-state index contributed by atoms with van der Waals surface area (Å²) in [6.07, 6.45) is 6.72. The molecule has 0 amide bonds. The van der Waals surface area contributed by atoms with Gasteiger partial charge in [-0.3, -0.25) is 4.68 Å². The van der Waals surface area contributed by atoms with E-state index in [1.165, 1.54) is 31.4 Å². The van der Waals surface area contributed by atoms with Gasteiger partial charge in [-0.25, -0.2) is 0 Å². The first kappa shape index (κ1) is 12.2. The van der Waals surface area contributed by atoms with Crippen molar-refractivity contribution >= 4 is 0 Å². The molecule has 2 aliphatic carbocycles. The van der Waals surface area contributed by atoms with Crippen LogP contribution in [-0.2, 0) is 13.0 Å². The minimum absolute atomic E-state index is 0.335. The maximum Gasteiger partial charge on any atom is 0.0596 e. The molecule has 0 spiro atoms. The van der Waals surface area contributed by atoms with Gasteiger partial charge in [0.1, 0.15) is 0 Å². The number of nitrogens with zero attached hydrogens (tertiary/aromatic N) is 2. The SMILES string of the molecule is CCn1nc(C)cc1CC(N)C1CC2CCC1C2. The lowest BCUT2D eigenvalue weighted by atomic mass is 9.82. The van der Waals surface area contributed by atoms with Crippen molar-refractivity contribution in [2.45, 2.75) is 58.5 Å². The Kier molecular flexibility index (Phi) is 3.18. The van der Waals surface area contributed by atoms with Crippen LogP contribution in [0.1, 0.15) is 44.0 Å². The van der Waals surface area contributed by atoms with Crippen molar-refractivity contribution in [2.75, 3.05) is 0 Å². The van der Waals surface area contributed by atoms with Gasteiger partial charge in [0.15, 0.2) is 0 Å². The molecule has 0 radical (unpaired) electrons. The lowest BCUT2D eigenvalue weighted by molar-refractivity contribution is 0.277. The second kappa shape index (κ2) is 4.69. The van der Waals surface area contributed by atoms with Gasteiger partial charge in [0.25, 0.3) is 0 Å². The minimum atomic E-state index is 0.335. The molecule has 1 aromatic heterocycles. The van der Waals surface area contributed by atoms with E-state index in [-0.39, 0.29) is 0 Å². The molecule has 18 heavy (non-hydrogen) atoms. The highest BCUT2D eigenvalue weighted by Gasteiger charge is 2.42. The summed E-state index contributed by atoms with van der Waals surface area (Å²) in [5, 5.41) is 4.52. The Labute approximate surface area is 110 Å². The summed E-state index contributed by atoms with van der Waals surface area (Å²) >= 11 is 0. The Morgan fingerprint density at radius 2 is 2.28 bits per heavy atom. The van der Waals surface area contributed by atoms with E-state index in [1.54, 1.807) is 0 Å². The summed E-state index contributed by atoms with van der Waals surface area (Å²) in [6, 6.07) is 2.54. The lowest BCUT2D eigenvalue weighted by Crippen LogP contribution is -2.36. The molecule has 2 N–H and O–H groups in total. The molecule has 2 bridgehead atoms. The van der Waals surface area contributed by atoms with Gasteiger partial charge < -0.3 is 5.73 Å². The molecule has 1 aromatic rings. The predicted octanol–water partition coefficient (Wildman–Crippen LogP) is 2.52. The number of hydrogen-bond acceptors (Lipinski definition) is 2. The summed E-state index contributed by atoms with van der Waals surface area (Å²) in [7, 11) is 0. The van der Waals surface area contributed by atoms with Gasteiger partial charge in [0.2, 0.25) is 0 Å². The standard InChI is InChI=1S/C15H25N3/c1-3-18-13(6-10(2)17-18)9-15(16)14-8-11-4-5-12(14)7-11/h6,11-12,14-15H,3-5,7-9,16H2,1-2H3. The molecule has 2 saturated carbocycles. The zero-order chi connectivity index (χ0) is 12.7. The smallest absolute Gasteiger partial charge is 0.0596 e. The first-order chi connectivity index (χ1) is 8.67. The second-order valence-electron chi connectivity index (χ2n) is 6.30. The van der Waals surface area contributed by atoms with Gasteiger partial charge in [0.05, 0.1) is 5.69 Å². The number of nitrogens with two attached hydrogens (primary N) is 1. The quantitative estimate of drug-likeness (QED) is 0.888. The van der Waals surface area contributed by atoms with Crippen LogP contribution in [0.3, 0.4) is 0 Å². The zero-order valence-corrected chi connectivity index (χ0v) is 11.6. The highest BCUT2D eigenvalue weighted by molar-refractivity contribution is 5.11. The summed E-state index contributed by atoms with van der Waals surface area (Å²) in [6.45, 7) is 5.17. The Morgan fingerprint density at radius 1 is 1.44 bits per heavy atom. The topological polar surface area (TPSA) is 43.8 Å². The van der Waals surface area contributed by atoms with E-state index in [4.69, 9.17) is 5.73 Å². The van der Waals surface area contributed by atoms with Crippen molar-refractivity contribution in [3.8, 4) is 0 Å². The van der Waals surface area contributed by atoms with Crippen LogP contribution in [0.5, 0.6) is 0 Å².